The number of primary amides is 1. The third-order valence-corrected chi connectivity index (χ3v) is 4.46. The third kappa shape index (κ3) is 4.04. The Morgan fingerprint density at radius 1 is 1.14 bits per heavy atom. The number of carbonyl (C=O) groups excluding carboxylic acids is 1. The number of hydrogen-bond donors (Lipinski definition) is 2. The first-order valence-electron chi connectivity index (χ1n) is 6.02. The van der Waals surface area contributed by atoms with Gasteiger partial charge in [0.1, 0.15) is 0 Å². The Morgan fingerprint density at radius 3 is 2.38 bits per heavy atom. The fourth-order valence-corrected chi connectivity index (χ4v) is 2.94. The molecule has 2 rings (SSSR count). The van der Waals surface area contributed by atoms with Crippen LogP contribution >= 0.6 is 11.6 Å². The van der Waals surface area contributed by atoms with Crippen LogP contribution in [0.4, 0.5) is 0 Å². The molecule has 110 valence electrons. The summed E-state index contributed by atoms with van der Waals surface area (Å²) in [5.74, 6) is -0.606. The highest BCUT2D eigenvalue weighted by molar-refractivity contribution is 7.89. The molecule has 0 unspecified atom stereocenters. The van der Waals surface area contributed by atoms with Crippen LogP contribution in [0.25, 0.3) is 0 Å². The highest BCUT2D eigenvalue weighted by Crippen LogP contribution is 2.13. The molecule has 0 atom stereocenters. The number of benzene rings is 2. The molecule has 0 spiro atoms. The van der Waals surface area contributed by atoms with Gasteiger partial charge < -0.3 is 5.73 Å². The van der Waals surface area contributed by atoms with E-state index in [1.165, 1.54) is 24.3 Å². The Kier molecular flexibility index (Phi) is 4.62. The highest BCUT2D eigenvalue weighted by atomic mass is 35.5. The van der Waals surface area contributed by atoms with Crippen LogP contribution in [0.1, 0.15) is 15.9 Å². The first-order valence-corrected chi connectivity index (χ1v) is 7.88. The largest absolute Gasteiger partial charge is 0.366 e. The van der Waals surface area contributed by atoms with Crippen molar-refractivity contribution in [2.24, 2.45) is 5.73 Å². The summed E-state index contributed by atoms with van der Waals surface area (Å²) in [5.41, 5.74) is 6.11. The average Bonchev–Trinajstić information content (AvgIpc) is 2.45. The number of rotatable bonds is 5. The summed E-state index contributed by atoms with van der Waals surface area (Å²) in [6.07, 6.45) is 0. The monoisotopic (exact) mass is 324 g/mol. The molecule has 0 saturated heterocycles. The number of carbonyl (C=O) groups is 1. The summed E-state index contributed by atoms with van der Waals surface area (Å²) in [7, 11) is -3.66. The topological polar surface area (TPSA) is 89.3 Å². The fourth-order valence-electron chi connectivity index (χ4n) is 1.71. The number of nitrogens with two attached hydrogens (primary N) is 1. The van der Waals surface area contributed by atoms with Gasteiger partial charge in [-0.05, 0) is 42.0 Å². The molecular weight excluding hydrogens is 312 g/mol. The summed E-state index contributed by atoms with van der Waals surface area (Å²) in [5, 5.41) is 0.539. The average molecular weight is 325 g/mol. The zero-order valence-corrected chi connectivity index (χ0v) is 12.5. The zero-order chi connectivity index (χ0) is 15.5. The van der Waals surface area contributed by atoms with E-state index in [0.717, 1.165) is 5.56 Å². The maximum absolute atomic E-state index is 12.1. The van der Waals surface area contributed by atoms with Crippen LogP contribution in [-0.2, 0) is 16.6 Å². The molecule has 5 nitrogen and oxygen atoms in total. The van der Waals surface area contributed by atoms with Crippen LogP contribution in [-0.4, -0.2) is 14.3 Å². The van der Waals surface area contributed by atoms with Crippen LogP contribution in [0.15, 0.2) is 53.4 Å². The molecule has 0 aromatic heterocycles. The van der Waals surface area contributed by atoms with Crippen molar-refractivity contribution >= 4 is 27.5 Å². The molecule has 0 fully saturated rings. The van der Waals surface area contributed by atoms with E-state index in [9.17, 15) is 13.2 Å². The standard InChI is InChI=1S/C14H13ClN2O3S/c15-12-3-1-2-10(8-12)9-17-21(19,20)13-6-4-11(5-7-13)14(16)18/h1-8,17H,9H2,(H2,16,18). The second-order valence-corrected chi connectivity index (χ2v) is 6.55. The van der Waals surface area contributed by atoms with Crippen molar-refractivity contribution in [3.05, 3.63) is 64.7 Å². The van der Waals surface area contributed by atoms with E-state index in [2.05, 4.69) is 4.72 Å². The summed E-state index contributed by atoms with van der Waals surface area (Å²) in [6.45, 7) is 0.125. The molecule has 1 amide bonds. The van der Waals surface area contributed by atoms with Crippen molar-refractivity contribution in [1.82, 2.24) is 4.72 Å². The smallest absolute Gasteiger partial charge is 0.248 e. The van der Waals surface area contributed by atoms with Crippen molar-refractivity contribution in [1.29, 1.82) is 0 Å². The lowest BCUT2D eigenvalue weighted by molar-refractivity contribution is 0.1000. The predicted octanol–water partition coefficient (Wildman–Crippen LogP) is 1.92. The van der Waals surface area contributed by atoms with Crippen molar-refractivity contribution in [3.8, 4) is 0 Å². The first kappa shape index (κ1) is 15.5. The molecule has 0 bridgehead atoms. The van der Waals surface area contributed by atoms with Crippen molar-refractivity contribution in [2.75, 3.05) is 0 Å². The molecule has 2 aromatic rings. The molecule has 0 heterocycles. The Balaban J connectivity index is 2.13. The second-order valence-electron chi connectivity index (χ2n) is 4.34. The number of nitrogens with one attached hydrogen (secondary N) is 1. The molecule has 3 N–H and O–H groups in total. The summed E-state index contributed by atoms with van der Waals surface area (Å²) in [6, 6.07) is 12.3. The number of sulfonamides is 1. The van der Waals surface area contributed by atoms with Gasteiger partial charge in [-0.2, -0.15) is 0 Å². The Hall–Kier alpha value is -1.89. The van der Waals surface area contributed by atoms with Crippen molar-refractivity contribution < 1.29 is 13.2 Å². The highest BCUT2D eigenvalue weighted by Gasteiger charge is 2.14. The first-order chi connectivity index (χ1) is 9.88. The molecular formula is C14H13ClN2O3S. The van der Waals surface area contributed by atoms with Gasteiger partial charge in [-0.15, -0.1) is 0 Å². The maximum atomic E-state index is 12.1. The second kappa shape index (κ2) is 6.26. The summed E-state index contributed by atoms with van der Waals surface area (Å²) in [4.78, 5) is 11.0. The molecule has 0 aliphatic carbocycles. The van der Waals surface area contributed by atoms with Gasteiger partial charge in [-0.25, -0.2) is 13.1 Å². The zero-order valence-electron chi connectivity index (χ0n) is 10.9. The molecule has 7 heteroatoms. The number of amides is 1. The van der Waals surface area contributed by atoms with Gasteiger partial charge in [0, 0.05) is 17.1 Å². The van der Waals surface area contributed by atoms with E-state index in [1.807, 2.05) is 0 Å². The van der Waals surface area contributed by atoms with Crippen LogP contribution in [0.3, 0.4) is 0 Å². The molecule has 0 saturated carbocycles. The lowest BCUT2D eigenvalue weighted by Gasteiger charge is -2.07. The molecule has 21 heavy (non-hydrogen) atoms. The van der Waals surface area contributed by atoms with Gasteiger partial charge in [0.2, 0.25) is 15.9 Å². The molecule has 0 aliphatic heterocycles. The van der Waals surface area contributed by atoms with E-state index >= 15 is 0 Å². The van der Waals surface area contributed by atoms with E-state index in [1.54, 1.807) is 24.3 Å². The molecule has 2 aromatic carbocycles. The number of hydrogen-bond acceptors (Lipinski definition) is 3. The lowest BCUT2D eigenvalue weighted by Crippen LogP contribution is -2.23. The quantitative estimate of drug-likeness (QED) is 0.880. The van der Waals surface area contributed by atoms with E-state index in [-0.39, 0.29) is 17.0 Å². The van der Waals surface area contributed by atoms with Gasteiger partial charge >= 0.3 is 0 Å². The summed E-state index contributed by atoms with van der Waals surface area (Å²) < 4.78 is 26.7. The minimum absolute atomic E-state index is 0.0644. The maximum Gasteiger partial charge on any atom is 0.248 e. The SMILES string of the molecule is NC(=O)c1ccc(S(=O)(=O)NCc2cccc(Cl)c2)cc1. The number of halogens is 1. The minimum Gasteiger partial charge on any atom is -0.366 e. The molecule has 0 aliphatic rings. The van der Waals surface area contributed by atoms with Crippen LogP contribution in [0.2, 0.25) is 5.02 Å². The normalized spacial score (nSPS) is 11.3. The van der Waals surface area contributed by atoms with Gasteiger partial charge in [0.15, 0.2) is 0 Å². The Morgan fingerprint density at radius 2 is 1.81 bits per heavy atom. The van der Waals surface area contributed by atoms with E-state index in [0.29, 0.717) is 5.02 Å². The van der Waals surface area contributed by atoms with Crippen LogP contribution < -0.4 is 10.5 Å². The van der Waals surface area contributed by atoms with E-state index < -0.39 is 15.9 Å². The Labute approximate surface area is 127 Å². The summed E-state index contributed by atoms with van der Waals surface area (Å²) >= 11 is 5.84. The van der Waals surface area contributed by atoms with Crippen molar-refractivity contribution in [3.63, 3.8) is 0 Å². The van der Waals surface area contributed by atoms with Gasteiger partial charge in [-0.1, -0.05) is 23.7 Å². The van der Waals surface area contributed by atoms with Crippen molar-refractivity contribution in [2.45, 2.75) is 11.4 Å². The van der Waals surface area contributed by atoms with Crippen LogP contribution in [0.5, 0.6) is 0 Å². The predicted molar refractivity (Wildman–Crippen MR) is 80.4 cm³/mol. The lowest BCUT2D eigenvalue weighted by atomic mass is 10.2. The van der Waals surface area contributed by atoms with Crippen LogP contribution in [0, 0.1) is 0 Å². The minimum atomic E-state index is -3.66. The van der Waals surface area contributed by atoms with Gasteiger partial charge in [0.25, 0.3) is 0 Å². The molecule has 0 radical (unpaired) electrons. The van der Waals surface area contributed by atoms with E-state index in [4.69, 9.17) is 17.3 Å². The van der Waals surface area contributed by atoms with Gasteiger partial charge in [0.05, 0.1) is 4.90 Å². The van der Waals surface area contributed by atoms with Gasteiger partial charge in [-0.3, -0.25) is 4.79 Å². The Bertz CT molecular complexity index is 758. The third-order valence-electron chi connectivity index (χ3n) is 2.80. The fraction of sp³-hybridized carbons (Fsp3) is 0.0714.